The number of aliphatic hydroxyl groups excluding tert-OH is 1. The number of nitrogens with zero attached hydrogens (tertiary/aromatic N) is 2. The molecule has 1 rings (SSSR count). The van der Waals surface area contributed by atoms with Crippen molar-refractivity contribution in [2.24, 2.45) is 0 Å². The highest BCUT2D eigenvalue weighted by molar-refractivity contribution is 9.09. The van der Waals surface area contributed by atoms with Crippen LogP contribution in [0, 0.1) is 0 Å². The molecule has 0 spiro atoms. The van der Waals surface area contributed by atoms with Crippen LogP contribution in [0.4, 0.5) is 0 Å². The Hall–Kier alpha value is 0.360. The standard InChI is InChI=1S/C11H23BrN2O/c1-13(2)11(5-4-6-11)9-14(3)8-10(15)7-12/h10,15H,4-9H2,1-3H3. The van der Waals surface area contributed by atoms with Crippen LogP contribution in [-0.4, -0.2) is 66.1 Å². The molecule has 0 aromatic heterocycles. The zero-order chi connectivity index (χ0) is 11.5. The van der Waals surface area contributed by atoms with Gasteiger partial charge in [-0.3, -0.25) is 0 Å². The molecule has 15 heavy (non-hydrogen) atoms. The topological polar surface area (TPSA) is 26.7 Å². The zero-order valence-electron chi connectivity index (χ0n) is 10.0. The summed E-state index contributed by atoms with van der Waals surface area (Å²) in [6.45, 7) is 1.81. The van der Waals surface area contributed by atoms with Gasteiger partial charge >= 0.3 is 0 Å². The van der Waals surface area contributed by atoms with Crippen molar-refractivity contribution >= 4 is 15.9 Å². The first-order valence-electron chi connectivity index (χ1n) is 5.60. The highest BCUT2D eigenvalue weighted by atomic mass is 79.9. The Morgan fingerprint density at radius 2 is 1.93 bits per heavy atom. The van der Waals surface area contributed by atoms with Crippen LogP contribution >= 0.6 is 15.9 Å². The van der Waals surface area contributed by atoms with Gasteiger partial charge in [-0.05, 0) is 40.4 Å². The third-order valence-electron chi connectivity index (χ3n) is 3.50. The molecular weight excluding hydrogens is 256 g/mol. The molecule has 1 atom stereocenters. The summed E-state index contributed by atoms with van der Waals surface area (Å²) >= 11 is 3.30. The van der Waals surface area contributed by atoms with Crippen LogP contribution < -0.4 is 0 Å². The monoisotopic (exact) mass is 278 g/mol. The minimum absolute atomic E-state index is 0.255. The molecule has 4 heteroatoms. The van der Waals surface area contributed by atoms with Crippen molar-refractivity contribution in [3.63, 3.8) is 0 Å². The third kappa shape index (κ3) is 3.41. The molecule has 0 heterocycles. The number of hydrogen-bond donors (Lipinski definition) is 1. The van der Waals surface area contributed by atoms with Crippen LogP contribution in [0.5, 0.6) is 0 Å². The highest BCUT2D eigenvalue weighted by Crippen LogP contribution is 2.36. The second-order valence-electron chi connectivity index (χ2n) is 4.98. The fourth-order valence-electron chi connectivity index (χ4n) is 2.31. The lowest BCUT2D eigenvalue weighted by molar-refractivity contribution is 0.0175. The Morgan fingerprint density at radius 3 is 2.27 bits per heavy atom. The Kier molecular flexibility index (Phi) is 5.03. The maximum atomic E-state index is 9.55. The number of rotatable bonds is 6. The van der Waals surface area contributed by atoms with Crippen LogP contribution in [0.1, 0.15) is 19.3 Å². The number of alkyl halides is 1. The van der Waals surface area contributed by atoms with Gasteiger partial charge in [0, 0.05) is 24.0 Å². The van der Waals surface area contributed by atoms with Crippen molar-refractivity contribution in [1.82, 2.24) is 9.80 Å². The summed E-state index contributed by atoms with van der Waals surface area (Å²) < 4.78 is 0. The van der Waals surface area contributed by atoms with E-state index in [0.29, 0.717) is 10.9 Å². The van der Waals surface area contributed by atoms with Crippen LogP contribution in [0.2, 0.25) is 0 Å². The van der Waals surface area contributed by atoms with E-state index in [2.05, 4.69) is 46.9 Å². The number of hydrogen-bond acceptors (Lipinski definition) is 3. The minimum atomic E-state index is -0.255. The maximum Gasteiger partial charge on any atom is 0.0763 e. The second-order valence-corrected chi connectivity index (χ2v) is 5.62. The SMILES string of the molecule is CN(CC(O)CBr)CC1(N(C)C)CCC1. The molecule has 0 radical (unpaired) electrons. The Bertz CT molecular complexity index is 195. The first kappa shape index (κ1) is 13.4. The summed E-state index contributed by atoms with van der Waals surface area (Å²) in [4.78, 5) is 4.58. The number of likely N-dealkylation sites (N-methyl/N-ethyl adjacent to an activating group) is 2. The lowest BCUT2D eigenvalue weighted by Crippen LogP contribution is -2.57. The quantitative estimate of drug-likeness (QED) is 0.739. The van der Waals surface area contributed by atoms with Gasteiger partial charge in [-0.2, -0.15) is 0 Å². The number of halogens is 1. The van der Waals surface area contributed by atoms with Crippen LogP contribution in [0.25, 0.3) is 0 Å². The van der Waals surface area contributed by atoms with Gasteiger partial charge in [-0.25, -0.2) is 0 Å². The summed E-state index contributed by atoms with van der Waals surface area (Å²) in [6, 6.07) is 0. The molecule has 1 aliphatic rings. The molecule has 0 aromatic rings. The van der Waals surface area contributed by atoms with Crippen molar-refractivity contribution < 1.29 is 5.11 Å². The van der Waals surface area contributed by atoms with Crippen molar-refractivity contribution in [3.8, 4) is 0 Å². The van der Waals surface area contributed by atoms with Gasteiger partial charge < -0.3 is 14.9 Å². The van der Waals surface area contributed by atoms with Gasteiger partial charge in [0.05, 0.1) is 6.10 Å². The summed E-state index contributed by atoms with van der Waals surface area (Å²) in [5.74, 6) is 0. The molecule has 3 nitrogen and oxygen atoms in total. The van der Waals surface area contributed by atoms with Gasteiger partial charge in [-0.1, -0.05) is 15.9 Å². The van der Waals surface area contributed by atoms with E-state index in [1.54, 1.807) is 0 Å². The average molecular weight is 279 g/mol. The molecule has 0 aliphatic heterocycles. The molecule has 1 aliphatic carbocycles. The predicted octanol–water partition coefficient (Wildman–Crippen LogP) is 1.16. The Morgan fingerprint density at radius 1 is 1.33 bits per heavy atom. The van der Waals surface area contributed by atoms with E-state index in [0.717, 1.165) is 13.1 Å². The first-order valence-corrected chi connectivity index (χ1v) is 6.72. The van der Waals surface area contributed by atoms with Crippen molar-refractivity contribution in [2.75, 3.05) is 39.6 Å². The van der Waals surface area contributed by atoms with Gasteiger partial charge in [0.25, 0.3) is 0 Å². The average Bonchev–Trinajstić information content (AvgIpc) is 2.10. The third-order valence-corrected chi connectivity index (χ3v) is 4.25. The van der Waals surface area contributed by atoms with Crippen LogP contribution in [0.3, 0.4) is 0 Å². The van der Waals surface area contributed by atoms with Crippen LogP contribution in [0.15, 0.2) is 0 Å². The van der Waals surface area contributed by atoms with E-state index >= 15 is 0 Å². The second kappa shape index (κ2) is 5.62. The molecule has 0 amide bonds. The maximum absolute atomic E-state index is 9.55. The Labute approximate surface area is 102 Å². The highest BCUT2D eigenvalue weighted by Gasteiger charge is 2.39. The molecule has 1 unspecified atom stereocenters. The lowest BCUT2D eigenvalue weighted by Gasteiger charge is -2.49. The predicted molar refractivity (Wildman–Crippen MR) is 67.6 cm³/mol. The van der Waals surface area contributed by atoms with Gasteiger partial charge in [-0.15, -0.1) is 0 Å². The van der Waals surface area contributed by atoms with Gasteiger partial charge in [0.15, 0.2) is 0 Å². The van der Waals surface area contributed by atoms with Crippen molar-refractivity contribution in [2.45, 2.75) is 30.9 Å². The molecule has 1 N–H and O–H groups in total. The van der Waals surface area contributed by atoms with Crippen molar-refractivity contribution in [3.05, 3.63) is 0 Å². The summed E-state index contributed by atoms with van der Waals surface area (Å²) in [5, 5.41) is 10.2. The minimum Gasteiger partial charge on any atom is -0.391 e. The van der Waals surface area contributed by atoms with E-state index < -0.39 is 0 Å². The molecule has 0 bridgehead atoms. The van der Waals surface area contributed by atoms with Gasteiger partial charge in [0.2, 0.25) is 0 Å². The lowest BCUT2D eigenvalue weighted by atomic mass is 9.75. The summed E-state index contributed by atoms with van der Waals surface area (Å²) in [6.07, 6.45) is 3.66. The first-order chi connectivity index (χ1) is 7.00. The normalized spacial score (nSPS) is 21.8. The largest absolute Gasteiger partial charge is 0.391 e. The smallest absolute Gasteiger partial charge is 0.0763 e. The van der Waals surface area contributed by atoms with E-state index in [1.807, 2.05) is 0 Å². The van der Waals surface area contributed by atoms with Gasteiger partial charge in [0.1, 0.15) is 0 Å². The summed E-state index contributed by atoms with van der Waals surface area (Å²) in [5.41, 5.74) is 0.362. The van der Waals surface area contributed by atoms with E-state index in [-0.39, 0.29) is 6.10 Å². The van der Waals surface area contributed by atoms with E-state index in [1.165, 1.54) is 19.3 Å². The molecule has 0 saturated heterocycles. The van der Waals surface area contributed by atoms with E-state index in [9.17, 15) is 5.11 Å². The summed E-state index contributed by atoms with van der Waals surface area (Å²) in [7, 11) is 6.41. The van der Waals surface area contributed by atoms with Crippen LogP contribution in [-0.2, 0) is 0 Å². The van der Waals surface area contributed by atoms with Crippen molar-refractivity contribution in [1.29, 1.82) is 0 Å². The Balaban J connectivity index is 2.38. The fraction of sp³-hybridized carbons (Fsp3) is 1.00. The zero-order valence-corrected chi connectivity index (χ0v) is 11.6. The molecule has 0 aromatic carbocycles. The number of aliphatic hydroxyl groups is 1. The molecule has 90 valence electrons. The molecule has 1 fully saturated rings. The molecular formula is C11H23BrN2O. The molecule has 1 saturated carbocycles. The van der Waals surface area contributed by atoms with E-state index in [4.69, 9.17) is 0 Å². The fourth-order valence-corrected chi connectivity index (χ4v) is 2.51.